The summed E-state index contributed by atoms with van der Waals surface area (Å²) in [5.74, 6) is -6.27. The molecule has 0 atom stereocenters. The van der Waals surface area contributed by atoms with Crippen LogP contribution in [0.1, 0.15) is 17.0 Å². The molecule has 0 saturated heterocycles. The summed E-state index contributed by atoms with van der Waals surface area (Å²) in [5.41, 5.74) is 2.92. The number of rotatable bonds is 5. The second-order valence-electron chi connectivity index (χ2n) is 5.66. The van der Waals surface area contributed by atoms with Crippen LogP contribution >= 0.6 is 22.6 Å². The van der Waals surface area contributed by atoms with E-state index in [2.05, 4.69) is 27.7 Å². The van der Waals surface area contributed by atoms with Crippen molar-refractivity contribution < 1.29 is 30.7 Å². The normalized spacial score (nSPS) is 13.4. The Morgan fingerprint density at radius 2 is 1.67 bits per heavy atom. The van der Waals surface area contributed by atoms with Gasteiger partial charge >= 0.3 is 18.1 Å². The molecule has 0 aliphatic carbocycles. The molecule has 0 spiro atoms. The summed E-state index contributed by atoms with van der Waals surface area (Å²) in [6.45, 7) is 3.36. The van der Waals surface area contributed by atoms with E-state index in [1.54, 1.807) is 30.5 Å². The van der Waals surface area contributed by atoms with Gasteiger partial charge in [-0.1, -0.05) is 6.07 Å². The Morgan fingerprint density at radius 3 is 2.22 bits per heavy atom. The van der Waals surface area contributed by atoms with Crippen LogP contribution < -0.4 is 5.43 Å². The van der Waals surface area contributed by atoms with Crippen LogP contribution in [0.25, 0.3) is 5.69 Å². The number of benzene rings is 1. The fourth-order valence-electron chi connectivity index (χ4n) is 2.36. The molecule has 2 aromatic rings. The van der Waals surface area contributed by atoms with Gasteiger partial charge in [-0.25, -0.2) is 5.43 Å². The van der Waals surface area contributed by atoms with E-state index < -0.39 is 18.1 Å². The minimum absolute atomic E-state index is 0.282. The largest absolute Gasteiger partial charge is 0.462 e. The summed E-state index contributed by atoms with van der Waals surface area (Å²) in [6, 6.07) is 3.29. The third-order valence-corrected chi connectivity index (χ3v) is 4.37. The van der Waals surface area contributed by atoms with Crippen LogP contribution in [0.5, 0.6) is 0 Å². The summed E-state index contributed by atoms with van der Waals surface area (Å²) in [7, 11) is 0. The summed E-state index contributed by atoms with van der Waals surface area (Å²) >= 11 is 2.11. The quantitative estimate of drug-likeness (QED) is 0.190. The Balaban J connectivity index is 2.28. The first-order valence-corrected chi connectivity index (χ1v) is 8.43. The molecule has 1 N–H and O–H groups in total. The summed E-state index contributed by atoms with van der Waals surface area (Å²) in [5, 5.41) is 2.90. The van der Waals surface area contributed by atoms with Crippen molar-refractivity contribution in [3.8, 4) is 5.69 Å². The van der Waals surface area contributed by atoms with Crippen molar-refractivity contribution in [1.82, 2.24) is 9.99 Å². The monoisotopic (exact) mass is 507 g/mol. The van der Waals surface area contributed by atoms with E-state index in [0.29, 0.717) is 16.8 Å². The number of aryl methyl sites for hydroxylation is 1. The second-order valence-corrected chi connectivity index (χ2v) is 6.90. The Hall–Kier alpha value is -1.79. The van der Waals surface area contributed by atoms with Gasteiger partial charge in [0, 0.05) is 26.2 Å². The molecule has 0 unspecified atom stereocenters. The molecule has 0 bridgehead atoms. The number of alkyl halides is 7. The molecule has 1 aromatic heterocycles. The van der Waals surface area contributed by atoms with Crippen molar-refractivity contribution in [2.45, 2.75) is 32.0 Å². The highest BCUT2D eigenvalue weighted by Gasteiger charge is 2.73. The third-order valence-electron chi connectivity index (χ3n) is 3.70. The standard InChI is InChI=1S/C16H13F7IN3/c1-9-6-11(10(2)27(9)13-5-3-4-12(24)7-13)8-25-26-16(22,23)14(17,18)15(19,20)21/h3-8,26H,1-2H3/b25-8+. The highest BCUT2D eigenvalue weighted by atomic mass is 127. The van der Waals surface area contributed by atoms with Crippen LogP contribution in [0.3, 0.4) is 0 Å². The molecule has 1 heterocycles. The van der Waals surface area contributed by atoms with Crippen molar-refractivity contribution >= 4 is 28.8 Å². The predicted octanol–water partition coefficient (Wildman–Crippen LogP) is 5.41. The van der Waals surface area contributed by atoms with Crippen molar-refractivity contribution in [2.75, 3.05) is 0 Å². The number of nitrogens with one attached hydrogen (secondary N) is 1. The molecule has 0 amide bonds. The highest BCUT2D eigenvalue weighted by Crippen LogP contribution is 2.45. The van der Waals surface area contributed by atoms with E-state index in [0.717, 1.165) is 15.5 Å². The Bertz CT molecular complexity index is 856. The summed E-state index contributed by atoms with van der Waals surface area (Å²) in [4.78, 5) is 0. The van der Waals surface area contributed by atoms with Gasteiger partial charge in [-0.15, -0.1) is 0 Å². The van der Waals surface area contributed by atoms with Crippen molar-refractivity contribution in [3.05, 3.63) is 50.9 Å². The van der Waals surface area contributed by atoms with Gasteiger partial charge < -0.3 is 4.57 Å². The lowest BCUT2D eigenvalue weighted by molar-refractivity contribution is -0.361. The second kappa shape index (κ2) is 7.32. The molecule has 0 aliphatic rings. The van der Waals surface area contributed by atoms with Crippen LogP contribution in [-0.2, 0) is 0 Å². The Morgan fingerprint density at radius 1 is 1.04 bits per heavy atom. The predicted molar refractivity (Wildman–Crippen MR) is 94.6 cm³/mol. The van der Waals surface area contributed by atoms with Crippen molar-refractivity contribution in [3.63, 3.8) is 0 Å². The number of hydrogen-bond donors (Lipinski definition) is 1. The first-order valence-electron chi connectivity index (χ1n) is 7.35. The molecule has 0 radical (unpaired) electrons. The average molecular weight is 507 g/mol. The van der Waals surface area contributed by atoms with Crippen LogP contribution in [0.15, 0.2) is 35.4 Å². The minimum atomic E-state index is -6.42. The number of hydrazone groups is 1. The molecule has 1 aromatic carbocycles. The highest BCUT2D eigenvalue weighted by molar-refractivity contribution is 14.1. The third kappa shape index (κ3) is 4.22. The van der Waals surface area contributed by atoms with Gasteiger partial charge in [-0.2, -0.15) is 35.8 Å². The number of hydrogen-bond acceptors (Lipinski definition) is 2. The fraction of sp³-hybridized carbons (Fsp3) is 0.312. The molecule has 27 heavy (non-hydrogen) atoms. The van der Waals surface area contributed by atoms with Crippen molar-refractivity contribution in [1.29, 1.82) is 0 Å². The minimum Gasteiger partial charge on any atom is -0.318 e. The molecule has 0 fully saturated rings. The molecule has 3 nitrogen and oxygen atoms in total. The van der Waals surface area contributed by atoms with Gasteiger partial charge in [0.15, 0.2) is 0 Å². The molecular weight excluding hydrogens is 494 g/mol. The van der Waals surface area contributed by atoms with Gasteiger partial charge in [0.05, 0.1) is 6.21 Å². The first-order chi connectivity index (χ1) is 12.3. The summed E-state index contributed by atoms with van der Waals surface area (Å²) < 4.78 is 91.0. The maximum atomic E-state index is 13.2. The zero-order chi connectivity index (χ0) is 20.6. The van der Waals surface area contributed by atoms with Crippen LogP contribution in [0.4, 0.5) is 30.7 Å². The van der Waals surface area contributed by atoms with E-state index in [1.807, 2.05) is 18.2 Å². The first kappa shape index (κ1) is 21.5. The van der Waals surface area contributed by atoms with Gasteiger partial charge in [0.1, 0.15) is 0 Å². The van der Waals surface area contributed by atoms with E-state index in [1.165, 1.54) is 0 Å². The lowest BCUT2D eigenvalue weighted by atomic mass is 10.2. The Kier molecular flexibility index (Phi) is 5.83. The van der Waals surface area contributed by atoms with E-state index in [-0.39, 0.29) is 5.56 Å². The molecule has 11 heteroatoms. The van der Waals surface area contributed by atoms with Crippen LogP contribution in [-0.4, -0.2) is 28.9 Å². The van der Waals surface area contributed by atoms with E-state index in [4.69, 9.17) is 0 Å². The zero-order valence-electron chi connectivity index (χ0n) is 13.9. The molecule has 2 rings (SSSR count). The van der Waals surface area contributed by atoms with Gasteiger partial charge in [0.2, 0.25) is 0 Å². The van der Waals surface area contributed by atoms with E-state index in [9.17, 15) is 30.7 Å². The molecule has 0 aliphatic heterocycles. The summed E-state index contributed by atoms with van der Waals surface area (Å²) in [6.07, 6.45) is -5.65. The van der Waals surface area contributed by atoms with Gasteiger partial charge in [0.25, 0.3) is 0 Å². The molecule has 148 valence electrons. The van der Waals surface area contributed by atoms with E-state index >= 15 is 0 Å². The SMILES string of the molecule is Cc1cc(/C=N/NC(F)(F)C(F)(F)C(F)(F)F)c(C)n1-c1cccc(I)c1. The topological polar surface area (TPSA) is 29.3 Å². The molecular formula is C16H13F7IN3. The maximum Gasteiger partial charge on any atom is 0.462 e. The molecule has 0 saturated carbocycles. The van der Waals surface area contributed by atoms with Crippen molar-refractivity contribution in [2.24, 2.45) is 5.10 Å². The maximum absolute atomic E-state index is 13.2. The smallest absolute Gasteiger partial charge is 0.318 e. The van der Waals surface area contributed by atoms with Gasteiger partial charge in [-0.3, -0.25) is 0 Å². The number of halogens is 8. The van der Waals surface area contributed by atoms with Crippen LogP contribution in [0.2, 0.25) is 0 Å². The Labute approximate surface area is 163 Å². The lowest BCUT2D eigenvalue weighted by Crippen LogP contribution is -2.58. The van der Waals surface area contributed by atoms with Crippen LogP contribution in [0, 0.1) is 17.4 Å². The number of nitrogens with zero attached hydrogens (tertiary/aromatic N) is 2. The lowest BCUT2D eigenvalue weighted by Gasteiger charge is -2.27. The van der Waals surface area contributed by atoms with Gasteiger partial charge in [-0.05, 0) is 60.7 Å². The average Bonchev–Trinajstić information content (AvgIpc) is 2.80. The number of aromatic nitrogens is 1. The fourth-order valence-corrected chi connectivity index (χ4v) is 2.89. The zero-order valence-corrected chi connectivity index (χ0v) is 16.0.